The molecule has 1 aliphatic heterocycles. The van der Waals surface area contributed by atoms with Gasteiger partial charge in [-0.2, -0.15) is 0 Å². The van der Waals surface area contributed by atoms with E-state index in [0.29, 0.717) is 5.56 Å². The molecule has 11 atom stereocenters. The maximum atomic E-state index is 15.6. The van der Waals surface area contributed by atoms with E-state index in [2.05, 4.69) is 5.32 Å². The van der Waals surface area contributed by atoms with Gasteiger partial charge in [-0.25, -0.2) is 14.4 Å². The van der Waals surface area contributed by atoms with Crippen molar-refractivity contribution >= 4 is 41.7 Å². The van der Waals surface area contributed by atoms with Gasteiger partial charge in [0.25, 0.3) is 5.91 Å². The summed E-state index contributed by atoms with van der Waals surface area (Å²) in [5.74, 6) is -7.04. The highest BCUT2D eigenvalue weighted by Gasteiger charge is 2.78. The molecular weight excluding hydrogens is 871 g/mol. The van der Waals surface area contributed by atoms with Crippen LogP contribution >= 0.6 is 0 Å². The van der Waals surface area contributed by atoms with Gasteiger partial charge < -0.3 is 48.7 Å². The monoisotopic (exact) mass is 925 g/mol. The summed E-state index contributed by atoms with van der Waals surface area (Å²) in [6.07, 6.45) is -12.0. The van der Waals surface area contributed by atoms with Crippen LogP contribution in [0.1, 0.15) is 93.6 Å². The average molecular weight is 926 g/mol. The van der Waals surface area contributed by atoms with Crippen molar-refractivity contribution in [2.75, 3.05) is 13.2 Å². The molecule has 0 unspecified atom stereocenters. The zero-order valence-corrected chi connectivity index (χ0v) is 38.2. The van der Waals surface area contributed by atoms with E-state index in [9.17, 15) is 39.0 Å². The Morgan fingerprint density at radius 1 is 0.836 bits per heavy atom. The molecule has 0 radical (unpaired) electrons. The molecule has 3 aromatic carbocycles. The number of ketones is 1. The highest BCUT2D eigenvalue weighted by Crippen LogP contribution is 2.64. The quantitative estimate of drug-likeness (QED) is 0.124. The lowest BCUT2D eigenvalue weighted by Crippen LogP contribution is -2.82. The number of fused-ring (bicyclic) bond motifs is 5. The van der Waals surface area contributed by atoms with Crippen molar-refractivity contribution in [2.24, 2.45) is 16.7 Å². The molecule has 2 saturated carbocycles. The minimum atomic E-state index is -2.45. The third-order valence-corrected chi connectivity index (χ3v) is 13.9. The van der Waals surface area contributed by atoms with E-state index in [1.807, 2.05) is 0 Å². The lowest BCUT2D eigenvalue weighted by atomic mass is 9.44. The minimum Gasteiger partial charge on any atom is -0.455 e. The summed E-state index contributed by atoms with van der Waals surface area (Å²) in [5, 5.41) is 28.8. The van der Waals surface area contributed by atoms with E-state index in [1.54, 1.807) is 92.7 Å². The molecule has 3 N–H and O–H groups in total. The fourth-order valence-corrected chi connectivity index (χ4v) is 10.5. The summed E-state index contributed by atoms with van der Waals surface area (Å²) < 4.78 is 41.4. The van der Waals surface area contributed by atoms with Gasteiger partial charge in [-0.3, -0.25) is 19.2 Å². The van der Waals surface area contributed by atoms with Crippen LogP contribution in [0.25, 0.3) is 0 Å². The highest BCUT2D eigenvalue weighted by atomic mass is 16.7. The number of amides is 1. The largest absolute Gasteiger partial charge is 0.509 e. The van der Waals surface area contributed by atoms with Crippen molar-refractivity contribution in [3.05, 3.63) is 119 Å². The predicted molar refractivity (Wildman–Crippen MR) is 234 cm³/mol. The van der Waals surface area contributed by atoms with E-state index >= 15 is 4.79 Å². The van der Waals surface area contributed by atoms with Crippen LogP contribution in [0.5, 0.6) is 0 Å². The Morgan fingerprint density at radius 3 is 1.99 bits per heavy atom. The normalized spacial score (nSPS) is 30.2. The van der Waals surface area contributed by atoms with Gasteiger partial charge in [0.15, 0.2) is 17.5 Å². The molecule has 17 nitrogen and oxygen atoms in total. The molecule has 1 heterocycles. The third-order valence-electron chi connectivity index (χ3n) is 13.9. The summed E-state index contributed by atoms with van der Waals surface area (Å²) >= 11 is 0. The molecule has 67 heavy (non-hydrogen) atoms. The van der Waals surface area contributed by atoms with Gasteiger partial charge in [0.1, 0.15) is 30.0 Å². The van der Waals surface area contributed by atoms with E-state index in [0.717, 1.165) is 13.8 Å². The fraction of sp³-hybridized carbons (Fsp3) is 0.460. The Kier molecular flexibility index (Phi) is 13.5. The van der Waals surface area contributed by atoms with Crippen LogP contribution in [0.4, 0.5) is 4.79 Å². The van der Waals surface area contributed by atoms with Gasteiger partial charge in [0.2, 0.25) is 6.10 Å². The Labute approximate surface area is 387 Å². The number of carbonyl (C=O) groups is 7. The molecule has 7 rings (SSSR count). The number of hydrogen-bond donors (Lipinski definition) is 3. The number of aliphatic hydroxyl groups excluding tert-OH is 1. The van der Waals surface area contributed by atoms with Crippen LogP contribution in [0, 0.1) is 16.7 Å². The number of rotatable bonds is 12. The molecule has 4 aliphatic rings. The van der Waals surface area contributed by atoms with Crippen molar-refractivity contribution < 1.29 is 76.9 Å². The van der Waals surface area contributed by atoms with Gasteiger partial charge in [0.05, 0.1) is 36.2 Å². The molecule has 1 saturated heterocycles. The van der Waals surface area contributed by atoms with Crippen molar-refractivity contribution in [3.63, 3.8) is 0 Å². The molecule has 17 heteroatoms. The molecule has 0 aromatic heterocycles. The summed E-state index contributed by atoms with van der Waals surface area (Å²) in [7, 11) is 0. The van der Waals surface area contributed by atoms with Gasteiger partial charge in [-0.1, -0.05) is 80.6 Å². The van der Waals surface area contributed by atoms with Crippen LogP contribution in [-0.4, -0.2) is 113 Å². The second-order valence-corrected chi connectivity index (χ2v) is 18.1. The van der Waals surface area contributed by atoms with Crippen molar-refractivity contribution in [3.8, 4) is 0 Å². The molecule has 1 amide bonds. The van der Waals surface area contributed by atoms with Crippen molar-refractivity contribution in [1.82, 2.24) is 5.32 Å². The second kappa shape index (κ2) is 18.7. The van der Waals surface area contributed by atoms with Crippen molar-refractivity contribution in [1.29, 1.82) is 0 Å². The maximum Gasteiger partial charge on any atom is 0.509 e. The highest BCUT2D eigenvalue weighted by molar-refractivity contribution is 5.96. The smallest absolute Gasteiger partial charge is 0.455 e. The summed E-state index contributed by atoms with van der Waals surface area (Å²) in [5.41, 5.74) is -7.41. The number of benzene rings is 3. The first kappa shape index (κ1) is 48.5. The topological polar surface area (TPSA) is 237 Å². The molecule has 2 bridgehead atoms. The molecule has 0 spiro atoms. The maximum absolute atomic E-state index is 15.6. The Bertz CT molecular complexity index is 2440. The zero-order valence-electron chi connectivity index (χ0n) is 38.2. The zero-order chi connectivity index (χ0) is 48.6. The van der Waals surface area contributed by atoms with E-state index in [-0.39, 0.29) is 41.9 Å². The van der Waals surface area contributed by atoms with Crippen molar-refractivity contribution in [2.45, 2.75) is 115 Å². The summed E-state index contributed by atoms with van der Waals surface area (Å²) in [6.45, 7) is 9.23. The van der Waals surface area contributed by atoms with Crippen LogP contribution in [0.2, 0.25) is 0 Å². The molecule has 3 aromatic rings. The first-order valence-corrected chi connectivity index (χ1v) is 22.1. The van der Waals surface area contributed by atoms with E-state index in [4.69, 9.17) is 33.2 Å². The standard InChI is InChI=1S/C50H55NO16/c1-8-61-46(59)65-39(37(30-18-12-9-13-19-30)51-43(56)31-20-14-10-15-21-31)45(58)64-33-25-50(60)42(66-44(57)32-22-16-11-17-23-32)40-48(7,34(54)24-35-49(40,26-62-35)67-29(4)53)41(55)38(63-28(3)52)36(27(33)2)47(50,5)6/h9-23,33-35,37-40,42,54,60H,8,24-26H2,1-7H3,(H,51,56)/t33-,34-,35+,37-,38+,39+,40-,42-,48+,49-,50+/m0/s1. The molecule has 3 aliphatic carbocycles. The number of aliphatic hydroxyl groups is 2. The fourth-order valence-electron chi connectivity index (χ4n) is 10.5. The average Bonchev–Trinajstić information content (AvgIpc) is 3.29. The number of esters is 4. The van der Waals surface area contributed by atoms with Gasteiger partial charge in [-0.05, 0) is 61.7 Å². The van der Waals surface area contributed by atoms with E-state index in [1.165, 1.54) is 32.9 Å². The summed E-state index contributed by atoms with van der Waals surface area (Å²) in [6, 6.07) is 22.6. The summed E-state index contributed by atoms with van der Waals surface area (Å²) in [4.78, 5) is 98.1. The number of carbonyl (C=O) groups excluding carboxylic acids is 7. The Hall–Kier alpha value is -6.43. The third kappa shape index (κ3) is 8.59. The Morgan fingerprint density at radius 2 is 1.43 bits per heavy atom. The van der Waals surface area contributed by atoms with Gasteiger partial charge in [0, 0.05) is 37.7 Å². The van der Waals surface area contributed by atoms with Crippen LogP contribution in [0.15, 0.2) is 102 Å². The molecular formula is C50H55NO16. The Balaban J connectivity index is 1.42. The number of Topliss-reactive ketones (excluding diaryl/α,β-unsaturated/α-hetero) is 1. The van der Waals surface area contributed by atoms with Gasteiger partial charge in [-0.15, -0.1) is 0 Å². The molecule has 356 valence electrons. The van der Waals surface area contributed by atoms with E-state index < -0.39 is 119 Å². The van der Waals surface area contributed by atoms with Crippen LogP contribution in [-0.2, 0) is 52.3 Å². The van der Waals surface area contributed by atoms with Gasteiger partial charge >= 0.3 is 30.0 Å². The number of nitrogens with one attached hydrogen (secondary N) is 1. The van der Waals surface area contributed by atoms with Crippen LogP contribution < -0.4 is 5.32 Å². The number of hydrogen-bond acceptors (Lipinski definition) is 16. The minimum absolute atomic E-state index is 0.0414. The van der Waals surface area contributed by atoms with Crippen LogP contribution in [0.3, 0.4) is 0 Å². The lowest BCUT2D eigenvalue weighted by Gasteiger charge is -2.67. The predicted octanol–water partition coefficient (Wildman–Crippen LogP) is 4.92. The first-order chi connectivity index (χ1) is 31.7. The SMILES string of the molecule is CCOC(=O)O[C@@H](C(=O)O[C@H]1C[C@@]2(O)[C@@H](OC(=O)c3ccccc3)[C@@H]3[C@]4(OC(C)=O)CO[C@@H]4C[C@H](O)[C@@]3(C)C(=O)[C@H](OC(C)=O)C(=C1C)C2(C)C)[C@@H](NC(=O)c1ccccc1)c1ccccc1. The molecule has 3 fully saturated rings. The lowest BCUT2D eigenvalue weighted by molar-refractivity contribution is -0.346. The number of ether oxygens (including phenoxy) is 7. The second-order valence-electron chi connectivity index (χ2n) is 18.1. The first-order valence-electron chi connectivity index (χ1n) is 22.1.